The van der Waals surface area contributed by atoms with Crippen molar-refractivity contribution in [3.63, 3.8) is 0 Å². The molecule has 6 nitrogen and oxygen atoms in total. The lowest BCUT2D eigenvalue weighted by Crippen LogP contribution is -2.29. The summed E-state index contributed by atoms with van der Waals surface area (Å²) in [6, 6.07) is 21.8. The number of ether oxygens (including phenoxy) is 1. The van der Waals surface area contributed by atoms with E-state index in [1.807, 2.05) is 48.5 Å². The molecule has 0 spiro atoms. The third kappa shape index (κ3) is 4.50. The maximum Gasteiger partial charge on any atom is 0.407 e. The number of amides is 1. The first kappa shape index (κ1) is 20.8. The molecule has 3 aromatic rings. The number of rotatable bonds is 7. The third-order valence-corrected chi connectivity index (χ3v) is 5.38. The number of carbonyl (C=O) groups is 2. The molecule has 0 aliphatic heterocycles. The maximum atomic E-state index is 12.6. The summed E-state index contributed by atoms with van der Waals surface area (Å²) < 4.78 is 5.12. The van der Waals surface area contributed by atoms with Crippen LogP contribution in [0.1, 0.15) is 39.6 Å². The first-order valence-electron chi connectivity index (χ1n) is 10.1. The van der Waals surface area contributed by atoms with E-state index in [-0.39, 0.29) is 25.4 Å². The number of ketones is 1. The zero-order valence-electron chi connectivity index (χ0n) is 16.8. The van der Waals surface area contributed by atoms with Gasteiger partial charge < -0.3 is 20.3 Å². The molecule has 158 valence electrons. The van der Waals surface area contributed by atoms with Crippen molar-refractivity contribution in [1.29, 1.82) is 0 Å². The Labute approximate surface area is 180 Å². The Morgan fingerprint density at radius 2 is 1.55 bits per heavy atom. The monoisotopic (exact) mass is 417 g/mol. The lowest BCUT2D eigenvalue weighted by Gasteiger charge is -2.19. The Hall–Kier alpha value is -3.48. The van der Waals surface area contributed by atoms with E-state index in [1.54, 1.807) is 24.3 Å². The van der Waals surface area contributed by atoms with Gasteiger partial charge in [0.1, 0.15) is 12.7 Å². The predicted molar refractivity (Wildman–Crippen MR) is 116 cm³/mol. The summed E-state index contributed by atoms with van der Waals surface area (Å²) >= 11 is 0. The van der Waals surface area contributed by atoms with Crippen LogP contribution in [0.5, 0.6) is 0 Å². The van der Waals surface area contributed by atoms with Gasteiger partial charge in [0.25, 0.3) is 0 Å². The van der Waals surface area contributed by atoms with Gasteiger partial charge in [-0.05, 0) is 34.7 Å². The van der Waals surface area contributed by atoms with Crippen molar-refractivity contribution in [3.8, 4) is 11.1 Å². The van der Waals surface area contributed by atoms with Crippen LogP contribution >= 0.6 is 0 Å². The van der Waals surface area contributed by atoms with Gasteiger partial charge in [0, 0.05) is 17.7 Å². The molecule has 31 heavy (non-hydrogen) atoms. The summed E-state index contributed by atoms with van der Waals surface area (Å²) in [5.41, 5.74) is 4.20. The fourth-order valence-electron chi connectivity index (χ4n) is 3.71. The van der Waals surface area contributed by atoms with Crippen molar-refractivity contribution < 1.29 is 24.5 Å². The van der Waals surface area contributed by atoms with Crippen molar-refractivity contribution in [3.05, 3.63) is 95.1 Å². The van der Waals surface area contributed by atoms with E-state index in [4.69, 9.17) is 4.74 Å². The summed E-state index contributed by atoms with van der Waals surface area (Å²) in [5.74, 6) is -0.0861. The van der Waals surface area contributed by atoms with Gasteiger partial charge in [-0.3, -0.25) is 4.79 Å². The minimum Gasteiger partial charge on any atom is -0.445 e. The van der Waals surface area contributed by atoms with Crippen molar-refractivity contribution in [2.75, 3.05) is 6.54 Å². The van der Waals surface area contributed by atoms with Crippen LogP contribution in [0.3, 0.4) is 0 Å². The van der Waals surface area contributed by atoms with E-state index in [2.05, 4.69) is 5.32 Å². The van der Waals surface area contributed by atoms with Gasteiger partial charge in [-0.15, -0.1) is 0 Å². The maximum absolute atomic E-state index is 12.6. The molecule has 0 heterocycles. The second kappa shape index (κ2) is 9.12. The normalized spacial score (nSPS) is 13.8. The number of fused-ring (bicyclic) bond motifs is 3. The standard InChI is InChI=1S/C25H23NO5/c27-22(12-13-26-25(30)31-15-16-6-2-1-3-7-16)23(28)17-10-11-19-18-8-4-5-9-20(18)24(29)21(19)14-17/h1-11,14,22-23,27-28H,12-13,15H2,(H,26,30). The average Bonchev–Trinajstić information content (AvgIpc) is 3.09. The van der Waals surface area contributed by atoms with Crippen molar-refractivity contribution in [2.24, 2.45) is 0 Å². The number of carbonyl (C=O) groups excluding carboxylic acids is 2. The molecule has 1 aliphatic carbocycles. The van der Waals surface area contributed by atoms with Gasteiger partial charge in [-0.25, -0.2) is 4.79 Å². The number of alkyl carbamates (subject to hydrolysis) is 1. The van der Waals surface area contributed by atoms with Gasteiger partial charge in [0.15, 0.2) is 5.78 Å². The minimum absolute atomic E-state index is 0.0861. The Kier molecular flexibility index (Phi) is 6.11. The molecule has 0 saturated heterocycles. The van der Waals surface area contributed by atoms with Crippen LogP contribution in [0.25, 0.3) is 11.1 Å². The third-order valence-electron chi connectivity index (χ3n) is 5.38. The smallest absolute Gasteiger partial charge is 0.407 e. The lowest BCUT2D eigenvalue weighted by atomic mass is 9.97. The number of hydrogen-bond acceptors (Lipinski definition) is 5. The quantitative estimate of drug-likeness (QED) is 0.427. The molecule has 0 fully saturated rings. The molecule has 3 aromatic carbocycles. The van der Waals surface area contributed by atoms with Gasteiger partial charge in [0.2, 0.25) is 0 Å². The summed E-state index contributed by atoms with van der Waals surface area (Å²) in [6.07, 6.45) is -2.74. The fourth-order valence-corrected chi connectivity index (χ4v) is 3.71. The number of hydrogen-bond donors (Lipinski definition) is 3. The number of aliphatic hydroxyl groups excluding tert-OH is 2. The van der Waals surface area contributed by atoms with E-state index in [0.717, 1.165) is 16.7 Å². The molecule has 4 rings (SSSR count). The topological polar surface area (TPSA) is 95.9 Å². The predicted octanol–water partition coefficient (Wildman–Crippen LogP) is 3.61. The zero-order valence-corrected chi connectivity index (χ0v) is 16.8. The summed E-state index contributed by atoms with van der Waals surface area (Å²) in [5, 5.41) is 23.5. The first-order chi connectivity index (χ1) is 15.0. The lowest BCUT2D eigenvalue weighted by molar-refractivity contribution is 0.0136. The van der Waals surface area contributed by atoms with Gasteiger partial charge >= 0.3 is 6.09 Å². The summed E-state index contributed by atoms with van der Waals surface area (Å²) in [6.45, 7) is 0.296. The Balaban J connectivity index is 1.30. The molecule has 3 N–H and O–H groups in total. The van der Waals surface area contributed by atoms with Crippen LogP contribution in [0.4, 0.5) is 4.79 Å². The molecule has 2 unspecified atom stereocenters. The molecule has 0 saturated carbocycles. The van der Waals surface area contributed by atoms with Crippen LogP contribution < -0.4 is 5.32 Å². The molecule has 1 aliphatic rings. The average molecular weight is 417 g/mol. The Bertz CT molecular complexity index is 1100. The molecule has 0 bridgehead atoms. The summed E-state index contributed by atoms with van der Waals surface area (Å²) in [4.78, 5) is 24.4. The highest BCUT2D eigenvalue weighted by Gasteiger charge is 2.28. The van der Waals surface area contributed by atoms with Crippen molar-refractivity contribution in [2.45, 2.75) is 25.2 Å². The molecule has 6 heteroatoms. The molecule has 2 atom stereocenters. The second-order valence-electron chi connectivity index (χ2n) is 7.47. The van der Waals surface area contributed by atoms with Gasteiger partial charge in [0.05, 0.1) is 6.10 Å². The van der Waals surface area contributed by atoms with Crippen LogP contribution in [0.2, 0.25) is 0 Å². The van der Waals surface area contributed by atoms with E-state index < -0.39 is 18.3 Å². The van der Waals surface area contributed by atoms with Crippen LogP contribution in [-0.2, 0) is 11.3 Å². The molecule has 1 amide bonds. The number of aliphatic hydroxyl groups is 2. The highest BCUT2D eigenvalue weighted by molar-refractivity contribution is 6.21. The van der Waals surface area contributed by atoms with E-state index >= 15 is 0 Å². The molecule has 0 radical (unpaired) electrons. The highest BCUT2D eigenvalue weighted by Crippen LogP contribution is 2.37. The van der Waals surface area contributed by atoms with Crippen LogP contribution in [0, 0.1) is 0 Å². The van der Waals surface area contributed by atoms with E-state index in [9.17, 15) is 19.8 Å². The fraction of sp³-hybridized carbons (Fsp3) is 0.200. The van der Waals surface area contributed by atoms with Gasteiger partial charge in [-0.2, -0.15) is 0 Å². The molecular weight excluding hydrogens is 394 g/mol. The van der Waals surface area contributed by atoms with E-state index in [0.29, 0.717) is 16.7 Å². The molecular formula is C25H23NO5. The molecule has 0 aromatic heterocycles. The first-order valence-corrected chi connectivity index (χ1v) is 10.1. The van der Waals surface area contributed by atoms with E-state index in [1.165, 1.54) is 0 Å². The van der Waals surface area contributed by atoms with Gasteiger partial charge in [-0.1, -0.05) is 66.7 Å². The SMILES string of the molecule is O=C(NCCC(O)C(O)c1ccc2c(c1)C(=O)c1ccccc1-2)OCc1ccccc1. The van der Waals surface area contributed by atoms with Crippen molar-refractivity contribution >= 4 is 11.9 Å². The largest absolute Gasteiger partial charge is 0.445 e. The Morgan fingerprint density at radius 1 is 0.871 bits per heavy atom. The number of nitrogens with one attached hydrogen (secondary N) is 1. The minimum atomic E-state index is -1.18. The summed E-state index contributed by atoms with van der Waals surface area (Å²) in [7, 11) is 0. The van der Waals surface area contributed by atoms with Crippen LogP contribution in [-0.4, -0.2) is 34.7 Å². The zero-order chi connectivity index (χ0) is 21.8. The number of benzene rings is 3. The second-order valence-corrected chi connectivity index (χ2v) is 7.47. The Morgan fingerprint density at radius 3 is 2.32 bits per heavy atom. The highest BCUT2D eigenvalue weighted by atomic mass is 16.5. The van der Waals surface area contributed by atoms with Crippen LogP contribution in [0.15, 0.2) is 72.8 Å². The van der Waals surface area contributed by atoms with Crippen molar-refractivity contribution in [1.82, 2.24) is 5.32 Å².